The van der Waals surface area contributed by atoms with Crippen LogP contribution in [0, 0.1) is 13.8 Å². The number of nitrogens with one attached hydrogen (secondary N) is 1. The first-order valence-corrected chi connectivity index (χ1v) is 7.43. The van der Waals surface area contributed by atoms with Crippen molar-refractivity contribution in [1.82, 2.24) is 10.3 Å². The lowest BCUT2D eigenvalue weighted by atomic mass is 9.99. The molecule has 0 aliphatic heterocycles. The Morgan fingerprint density at radius 1 is 1.24 bits per heavy atom. The molecule has 3 nitrogen and oxygen atoms in total. The van der Waals surface area contributed by atoms with Crippen LogP contribution in [0.2, 0.25) is 0 Å². The Balaban J connectivity index is 2.26. The van der Waals surface area contributed by atoms with Gasteiger partial charge in [0.1, 0.15) is 5.75 Å². The Labute approximate surface area is 127 Å². The van der Waals surface area contributed by atoms with Gasteiger partial charge in [-0.15, -0.1) is 0 Å². The van der Waals surface area contributed by atoms with Crippen LogP contribution in [0.5, 0.6) is 5.75 Å². The molecule has 0 saturated carbocycles. The average Bonchev–Trinajstić information content (AvgIpc) is 2.47. The zero-order valence-electron chi connectivity index (χ0n) is 13.3. The summed E-state index contributed by atoms with van der Waals surface area (Å²) in [5.74, 6) is 0.899. The first-order valence-electron chi connectivity index (χ1n) is 7.43. The Morgan fingerprint density at radius 3 is 2.71 bits per heavy atom. The van der Waals surface area contributed by atoms with Crippen molar-refractivity contribution < 1.29 is 4.74 Å². The van der Waals surface area contributed by atoms with Gasteiger partial charge >= 0.3 is 0 Å². The zero-order chi connectivity index (χ0) is 15.2. The third kappa shape index (κ3) is 4.05. The number of hydrogen-bond donors (Lipinski definition) is 1. The summed E-state index contributed by atoms with van der Waals surface area (Å²) in [5.41, 5.74) is 4.82. The molecule has 2 aromatic rings. The molecule has 1 N–H and O–H groups in total. The third-order valence-corrected chi connectivity index (χ3v) is 3.61. The van der Waals surface area contributed by atoms with Crippen molar-refractivity contribution in [3.05, 3.63) is 58.9 Å². The highest BCUT2D eigenvalue weighted by Gasteiger charge is 2.15. The minimum Gasteiger partial charge on any atom is -0.497 e. The maximum absolute atomic E-state index is 5.31. The molecule has 0 spiro atoms. The number of aryl methyl sites for hydroxylation is 2. The molecule has 1 heterocycles. The van der Waals surface area contributed by atoms with Crippen LogP contribution in [0.4, 0.5) is 0 Å². The van der Waals surface area contributed by atoms with E-state index in [1.165, 1.54) is 16.7 Å². The predicted molar refractivity (Wildman–Crippen MR) is 86.8 cm³/mol. The van der Waals surface area contributed by atoms with Gasteiger partial charge in [-0.2, -0.15) is 0 Å². The summed E-state index contributed by atoms with van der Waals surface area (Å²) in [5, 5.41) is 3.54. The van der Waals surface area contributed by atoms with Gasteiger partial charge < -0.3 is 10.1 Å². The minimum absolute atomic E-state index is 0.225. The fourth-order valence-corrected chi connectivity index (χ4v) is 2.64. The number of aromatic nitrogens is 1. The predicted octanol–water partition coefficient (Wildman–Crippen LogP) is 3.60. The highest BCUT2D eigenvalue weighted by Crippen LogP contribution is 2.22. The lowest BCUT2D eigenvalue weighted by Gasteiger charge is -2.20. The highest BCUT2D eigenvalue weighted by molar-refractivity contribution is 5.31. The van der Waals surface area contributed by atoms with Gasteiger partial charge in [-0.3, -0.25) is 4.98 Å². The van der Waals surface area contributed by atoms with Crippen molar-refractivity contribution in [2.75, 3.05) is 13.7 Å². The fourth-order valence-electron chi connectivity index (χ4n) is 2.64. The molecule has 0 fully saturated rings. The summed E-state index contributed by atoms with van der Waals surface area (Å²) in [6.07, 6.45) is 2.85. The Bertz CT molecular complexity index is 596. The smallest absolute Gasteiger partial charge is 0.119 e. The lowest BCUT2D eigenvalue weighted by molar-refractivity contribution is 0.413. The van der Waals surface area contributed by atoms with Gasteiger partial charge in [0.05, 0.1) is 18.8 Å². The molecule has 0 radical (unpaired) electrons. The molecule has 0 aliphatic carbocycles. The van der Waals surface area contributed by atoms with Gasteiger partial charge in [0.2, 0.25) is 0 Å². The van der Waals surface area contributed by atoms with E-state index in [4.69, 9.17) is 4.74 Å². The molecule has 1 aromatic carbocycles. The van der Waals surface area contributed by atoms with E-state index in [1.54, 1.807) is 7.11 Å². The summed E-state index contributed by atoms with van der Waals surface area (Å²) < 4.78 is 5.31. The van der Waals surface area contributed by atoms with Crippen molar-refractivity contribution >= 4 is 0 Å². The number of methoxy groups -OCH3 is 1. The summed E-state index contributed by atoms with van der Waals surface area (Å²) in [4.78, 5) is 4.64. The maximum Gasteiger partial charge on any atom is 0.119 e. The van der Waals surface area contributed by atoms with Crippen LogP contribution in [0.25, 0.3) is 0 Å². The molecule has 21 heavy (non-hydrogen) atoms. The summed E-state index contributed by atoms with van der Waals surface area (Å²) in [6, 6.07) is 10.7. The quantitative estimate of drug-likeness (QED) is 0.880. The third-order valence-electron chi connectivity index (χ3n) is 3.61. The second-order valence-corrected chi connectivity index (χ2v) is 5.38. The van der Waals surface area contributed by atoms with E-state index < -0.39 is 0 Å². The van der Waals surface area contributed by atoms with Gasteiger partial charge in [0.15, 0.2) is 0 Å². The van der Waals surface area contributed by atoms with Crippen LogP contribution in [-0.4, -0.2) is 18.6 Å². The molecular weight excluding hydrogens is 260 g/mol. The number of ether oxygens (including phenoxy) is 1. The van der Waals surface area contributed by atoms with Crippen molar-refractivity contribution in [3.8, 4) is 5.75 Å². The molecule has 3 heteroatoms. The van der Waals surface area contributed by atoms with Gasteiger partial charge in [-0.1, -0.05) is 25.1 Å². The second-order valence-electron chi connectivity index (χ2n) is 5.38. The van der Waals surface area contributed by atoms with Gasteiger partial charge in [-0.25, -0.2) is 0 Å². The largest absolute Gasteiger partial charge is 0.497 e. The summed E-state index contributed by atoms with van der Waals surface area (Å²) in [7, 11) is 1.70. The number of nitrogens with zero attached hydrogens (tertiary/aromatic N) is 1. The van der Waals surface area contributed by atoms with Crippen molar-refractivity contribution in [1.29, 1.82) is 0 Å². The standard InChI is InChI=1S/C18H24N2O/c1-5-19-17(18-14(3)9-13(2)12-20-18)11-15-7-6-8-16(10-15)21-4/h6-10,12,17,19H,5,11H2,1-4H3. The van der Waals surface area contributed by atoms with Crippen molar-refractivity contribution in [2.45, 2.75) is 33.2 Å². The van der Waals surface area contributed by atoms with Gasteiger partial charge in [0, 0.05) is 6.20 Å². The lowest BCUT2D eigenvalue weighted by Crippen LogP contribution is -2.24. The molecule has 0 aliphatic rings. The zero-order valence-corrected chi connectivity index (χ0v) is 13.3. The highest BCUT2D eigenvalue weighted by atomic mass is 16.5. The van der Waals surface area contributed by atoms with Crippen molar-refractivity contribution in [3.63, 3.8) is 0 Å². The van der Waals surface area contributed by atoms with E-state index in [1.807, 2.05) is 18.3 Å². The number of rotatable bonds is 6. The van der Waals surface area contributed by atoms with Gasteiger partial charge in [0.25, 0.3) is 0 Å². The molecular formula is C18H24N2O. The summed E-state index contributed by atoms with van der Waals surface area (Å²) in [6.45, 7) is 7.26. The van der Waals surface area contributed by atoms with Crippen LogP contribution in [-0.2, 0) is 6.42 Å². The number of hydrogen-bond acceptors (Lipinski definition) is 3. The molecule has 2 rings (SSSR count). The van der Waals surface area contributed by atoms with E-state index in [0.29, 0.717) is 0 Å². The van der Waals surface area contributed by atoms with E-state index in [-0.39, 0.29) is 6.04 Å². The molecule has 1 aromatic heterocycles. The second kappa shape index (κ2) is 7.23. The first kappa shape index (κ1) is 15.5. The van der Waals surface area contributed by atoms with Crippen LogP contribution in [0.1, 0.15) is 35.3 Å². The Kier molecular flexibility index (Phi) is 5.34. The topological polar surface area (TPSA) is 34.1 Å². The SMILES string of the molecule is CCNC(Cc1cccc(OC)c1)c1ncc(C)cc1C. The van der Waals surface area contributed by atoms with Crippen molar-refractivity contribution in [2.24, 2.45) is 0 Å². The van der Waals surface area contributed by atoms with Gasteiger partial charge in [-0.05, 0) is 55.6 Å². The monoisotopic (exact) mass is 284 g/mol. The van der Waals surface area contributed by atoms with Crippen LogP contribution < -0.4 is 10.1 Å². The fraction of sp³-hybridized carbons (Fsp3) is 0.389. The average molecular weight is 284 g/mol. The molecule has 1 unspecified atom stereocenters. The van der Waals surface area contributed by atoms with Crippen LogP contribution in [0.3, 0.4) is 0 Å². The normalized spacial score (nSPS) is 12.2. The van der Waals surface area contributed by atoms with E-state index in [0.717, 1.165) is 24.4 Å². The van der Waals surface area contributed by atoms with E-state index in [9.17, 15) is 0 Å². The maximum atomic E-state index is 5.31. The van der Waals surface area contributed by atoms with Crippen LogP contribution >= 0.6 is 0 Å². The molecule has 112 valence electrons. The summed E-state index contributed by atoms with van der Waals surface area (Å²) >= 11 is 0. The Morgan fingerprint density at radius 2 is 2.05 bits per heavy atom. The van der Waals surface area contributed by atoms with E-state index in [2.05, 4.69) is 49.3 Å². The first-order chi connectivity index (χ1) is 10.1. The molecule has 1 atom stereocenters. The number of pyridine rings is 1. The minimum atomic E-state index is 0.225. The molecule has 0 amide bonds. The van der Waals surface area contributed by atoms with E-state index >= 15 is 0 Å². The number of likely N-dealkylation sites (N-methyl/N-ethyl adjacent to an activating group) is 1. The molecule has 0 bridgehead atoms. The number of benzene rings is 1. The molecule has 0 saturated heterocycles. The Hall–Kier alpha value is -1.87. The van der Waals surface area contributed by atoms with Crippen LogP contribution in [0.15, 0.2) is 36.5 Å².